The van der Waals surface area contributed by atoms with Gasteiger partial charge in [0, 0.05) is 63.5 Å². The van der Waals surface area contributed by atoms with E-state index in [9.17, 15) is 0 Å². The molecule has 5 N–H and O–H groups in total. The van der Waals surface area contributed by atoms with Gasteiger partial charge in [-0.1, -0.05) is 23.5 Å². The molecular formula is C29H43N11O3S2. The number of fused-ring (bicyclic) bond motifs is 1. The Bertz CT molecular complexity index is 1500. The van der Waals surface area contributed by atoms with E-state index in [-0.39, 0.29) is 24.7 Å². The van der Waals surface area contributed by atoms with E-state index < -0.39 is 0 Å². The molecule has 3 atom stereocenters. The van der Waals surface area contributed by atoms with Gasteiger partial charge in [-0.2, -0.15) is 22.6 Å². The molecule has 3 aromatic heterocycles. The summed E-state index contributed by atoms with van der Waals surface area (Å²) in [5.74, 6) is 2.43. The van der Waals surface area contributed by atoms with Crippen LogP contribution in [0.1, 0.15) is 32.8 Å². The van der Waals surface area contributed by atoms with Crippen LogP contribution < -0.4 is 21.7 Å². The Labute approximate surface area is 273 Å². The molecule has 45 heavy (non-hydrogen) atoms. The highest BCUT2D eigenvalue weighted by molar-refractivity contribution is 7.80. The van der Waals surface area contributed by atoms with E-state index in [0.717, 1.165) is 22.2 Å². The topological polar surface area (TPSA) is 171 Å². The number of thiazole rings is 1. The molecule has 0 bridgehead atoms. The number of thiol groups is 1. The quantitative estimate of drug-likeness (QED) is 0.0512. The summed E-state index contributed by atoms with van der Waals surface area (Å²) >= 11 is 5.82. The highest BCUT2D eigenvalue weighted by Crippen LogP contribution is 2.35. The highest BCUT2D eigenvalue weighted by atomic mass is 32.1. The molecule has 1 aromatic carbocycles. The second-order valence-electron chi connectivity index (χ2n) is 10.5. The van der Waals surface area contributed by atoms with Crippen molar-refractivity contribution >= 4 is 63.3 Å². The number of methoxy groups -OCH3 is 2. The predicted octanol–water partition coefficient (Wildman–Crippen LogP) is 5.18. The van der Waals surface area contributed by atoms with Crippen LogP contribution in [0.25, 0.3) is 15.3 Å². The summed E-state index contributed by atoms with van der Waals surface area (Å²) in [5, 5.41) is 24.7. The summed E-state index contributed by atoms with van der Waals surface area (Å²) in [6.07, 6.45) is 2.65. The Morgan fingerprint density at radius 2 is 1.73 bits per heavy atom. The largest absolute Gasteiger partial charge is 0.383 e. The van der Waals surface area contributed by atoms with Crippen LogP contribution in [0.5, 0.6) is 0 Å². The van der Waals surface area contributed by atoms with Crippen LogP contribution >= 0.6 is 24.0 Å². The zero-order chi connectivity index (χ0) is 32.2. The molecule has 0 saturated heterocycles. The van der Waals surface area contributed by atoms with Gasteiger partial charge in [0.15, 0.2) is 17.3 Å². The molecule has 0 fully saturated rings. The normalized spacial score (nSPS) is 13.8. The maximum Gasteiger partial charge on any atom is 0.227 e. The van der Waals surface area contributed by atoms with Gasteiger partial charge in [-0.3, -0.25) is 0 Å². The van der Waals surface area contributed by atoms with Crippen molar-refractivity contribution in [1.29, 1.82) is 0 Å². The molecule has 4 aromatic rings. The van der Waals surface area contributed by atoms with Gasteiger partial charge < -0.3 is 35.9 Å². The molecule has 244 valence electrons. The fourth-order valence-electron chi connectivity index (χ4n) is 4.27. The van der Waals surface area contributed by atoms with Crippen molar-refractivity contribution in [3.63, 3.8) is 0 Å². The average Bonchev–Trinajstić information content (AvgIpc) is 3.64. The maximum atomic E-state index is 6.09. The zero-order valence-electron chi connectivity index (χ0n) is 26.4. The Morgan fingerprint density at radius 3 is 2.44 bits per heavy atom. The van der Waals surface area contributed by atoms with Gasteiger partial charge in [0.25, 0.3) is 0 Å². The van der Waals surface area contributed by atoms with Crippen molar-refractivity contribution in [2.45, 2.75) is 51.9 Å². The van der Waals surface area contributed by atoms with Crippen molar-refractivity contribution < 1.29 is 14.2 Å². The first kappa shape index (κ1) is 34.5. The molecule has 4 rings (SSSR count). The molecule has 0 aliphatic carbocycles. The first-order valence-electron chi connectivity index (χ1n) is 14.8. The Morgan fingerprint density at radius 1 is 1.00 bits per heavy atom. The number of para-hydroxylation sites is 1. The standard InChI is InChI=1S/C29H43N11O3S2/c1-18(15-41-4)32-27-24(26(31-11-8-12-43-20(3)17-44)35-28(36-27)33-19(2)16-42-5)37-38-25-21(13-30)14-40(39-25)29-34-22-9-6-7-10-23(22)45-29/h6-7,9-10,14,18-20,44H,8,11-13,15-17,30H2,1-5H3,(H3,31,32,33,35,36). The van der Waals surface area contributed by atoms with Crippen molar-refractivity contribution in [3.8, 4) is 5.13 Å². The third kappa shape index (κ3) is 9.79. The lowest BCUT2D eigenvalue weighted by Gasteiger charge is -2.20. The molecular weight excluding hydrogens is 615 g/mol. The van der Waals surface area contributed by atoms with Crippen molar-refractivity contribution in [2.75, 3.05) is 62.3 Å². The number of hydrogen-bond donors (Lipinski definition) is 5. The fourth-order valence-corrected chi connectivity index (χ4v) is 5.27. The number of nitrogens with one attached hydrogen (secondary N) is 3. The van der Waals surface area contributed by atoms with E-state index in [1.165, 1.54) is 11.3 Å². The van der Waals surface area contributed by atoms with Crippen LogP contribution in [0.3, 0.4) is 0 Å². The summed E-state index contributed by atoms with van der Waals surface area (Å²) < 4.78 is 19.2. The van der Waals surface area contributed by atoms with E-state index in [4.69, 9.17) is 34.9 Å². The van der Waals surface area contributed by atoms with Crippen molar-refractivity contribution in [1.82, 2.24) is 24.7 Å². The molecule has 3 unspecified atom stereocenters. The van der Waals surface area contributed by atoms with Gasteiger partial charge in [-0.05, 0) is 39.3 Å². The number of nitrogens with zero attached hydrogens (tertiary/aromatic N) is 7. The summed E-state index contributed by atoms with van der Waals surface area (Å²) in [7, 11) is 3.30. The zero-order valence-corrected chi connectivity index (χ0v) is 28.1. The third-order valence-electron chi connectivity index (χ3n) is 6.46. The minimum absolute atomic E-state index is 0.0331. The van der Waals surface area contributed by atoms with Gasteiger partial charge in [-0.25, -0.2) is 9.67 Å². The number of benzene rings is 1. The summed E-state index contributed by atoms with van der Waals surface area (Å²) in [5.41, 5.74) is 8.13. The molecule has 0 radical (unpaired) electrons. The Balaban J connectivity index is 1.69. The molecule has 0 spiro atoms. The second-order valence-corrected chi connectivity index (χ2v) is 11.9. The maximum absolute atomic E-state index is 6.09. The molecule has 14 nitrogen and oxygen atoms in total. The van der Waals surface area contributed by atoms with Gasteiger partial charge in [0.05, 0.1) is 29.5 Å². The summed E-state index contributed by atoms with van der Waals surface area (Å²) in [6, 6.07) is 7.83. The molecule has 0 amide bonds. The smallest absolute Gasteiger partial charge is 0.227 e. The Kier molecular flexibility index (Phi) is 13.3. The van der Waals surface area contributed by atoms with Crippen molar-refractivity contribution in [3.05, 3.63) is 36.0 Å². The molecule has 0 aliphatic heterocycles. The van der Waals surface area contributed by atoms with E-state index in [1.807, 2.05) is 51.2 Å². The number of hydrogen-bond acceptors (Lipinski definition) is 15. The first-order chi connectivity index (χ1) is 21.8. The molecule has 0 aliphatic rings. The molecule has 3 heterocycles. The van der Waals surface area contributed by atoms with Crippen LogP contribution in [0.4, 0.5) is 29.1 Å². The summed E-state index contributed by atoms with van der Waals surface area (Å²) in [6.45, 7) is 8.30. The fraction of sp³-hybridized carbons (Fsp3) is 0.517. The van der Waals surface area contributed by atoms with E-state index >= 15 is 0 Å². The SMILES string of the molecule is COCC(C)Nc1nc(NCCCOC(C)CS)c(N=Nc2nn(-c3nc4ccccc4s3)cc2CN)c(NC(C)COC)n1. The van der Waals surface area contributed by atoms with Crippen LogP contribution in [0.15, 0.2) is 40.7 Å². The first-order valence-corrected chi connectivity index (χ1v) is 16.3. The minimum Gasteiger partial charge on any atom is -0.383 e. The number of anilines is 3. The minimum atomic E-state index is -0.0788. The van der Waals surface area contributed by atoms with Gasteiger partial charge in [0.2, 0.25) is 16.9 Å². The number of nitrogens with two attached hydrogens (primary N) is 1. The lowest BCUT2D eigenvalue weighted by atomic mass is 10.3. The lowest BCUT2D eigenvalue weighted by molar-refractivity contribution is 0.0820. The predicted molar refractivity (Wildman–Crippen MR) is 183 cm³/mol. The lowest BCUT2D eigenvalue weighted by Crippen LogP contribution is -2.25. The van der Waals surface area contributed by atoms with Gasteiger partial charge in [-0.15, -0.1) is 15.3 Å². The number of rotatable bonds is 19. The average molecular weight is 658 g/mol. The van der Waals surface area contributed by atoms with Crippen LogP contribution in [0.2, 0.25) is 0 Å². The number of ether oxygens (including phenoxy) is 3. The van der Waals surface area contributed by atoms with Gasteiger partial charge >= 0.3 is 0 Å². The number of aromatic nitrogens is 5. The van der Waals surface area contributed by atoms with Crippen LogP contribution in [-0.2, 0) is 20.8 Å². The second kappa shape index (κ2) is 17.3. The van der Waals surface area contributed by atoms with Crippen LogP contribution in [-0.4, -0.2) is 89.3 Å². The highest BCUT2D eigenvalue weighted by Gasteiger charge is 2.19. The van der Waals surface area contributed by atoms with Gasteiger partial charge in [0.1, 0.15) is 0 Å². The third-order valence-corrected chi connectivity index (χ3v) is 8.00. The molecule has 0 saturated carbocycles. The number of azo groups is 1. The Hall–Kier alpha value is -3.41. The van der Waals surface area contributed by atoms with E-state index in [1.54, 1.807) is 18.9 Å². The van der Waals surface area contributed by atoms with Crippen molar-refractivity contribution in [2.24, 2.45) is 16.0 Å². The van der Waals surface area contributed by atoms with E-state index in [2.05, 4.69) is 43.9 Å². The monoisotopic (exact) mass is 657 g/mol. The van der Waals surface area contributed by atoms with Crippen LogP contribution in [0, 0.1) is 0 Å². The summed E-state index contributed by atoms with van der Waals surface area (Å²) in [4.78, 5) is 14.2. The molecule has 16 heteroatoms. The van der Waals surface area contributed by atoms with E-state index in [0.29, 0.717) is 66.3 Å².